The minimum atomic E-state index is -2.88. The van der Waals surface area contributed by atoms with Crippen molar-refractivity contribution in [2.75, 3.05) is 16.4 Å². The van der Waals surface area contributed by atoms with E-state index in [1.807, 2.05) is 122 Å². The average Bonchev–Trinajstić information content (AvgIpc) is 3.82. The number of ether oxygens (including phenoxy) is 1. The van der Waals surface area contributed by atoms with Crippen molar-refractivity contribution in [3.05, 3.63) is 136 Å². The van der Waals surface area contributed by atoms with E-state index in [-0.39, 0.29) is 35.8 Å². The minimum Gasteiger partial charge on any atom is -0.432 e. The number of rotatable bonds is 10. The number of amides is 2. The molecule has 1 spiro atoms. The van der Waals surface area contributed by atoms with Crippen LogP contribution < -0.4 is 9.80 Å². The van der Waals surface area contributed by atoms with Crippen LogP contribution in [0.3, 0.4) is 0 Å². The van der Waals surface area contributed by atoms with Gasteiger partial charge in [0.25, 0.3) is 5.91 Å². The van der Waals surface area contributed by atoms with Crippen LogP contribution in [0.25, 0.3) is 0 Å². The van der Waals surface area contributed by atoms with Crippen molar-refractivity contribution >= 4 is 53.1 Å². The molecule has 3 aliphatic rings. The summed E-state index contributed by atoms with van der Waals surface area (Å²) in [4.78, 5) is 43.4. The van der Waals surface area contributed by atoms with Crippen LogP contribution >= 0.6 is 15.9 Å². The van der Waals surface area contributed by atoms with Crippen LogP contribution in [-0.4, -0.2) is 57.7 Å². The Kier molecular flexibility index (Phi) is 9.68. The molecule has 1 unspecified atom stereocenters. The maximum atomic E-state index is 15.0. The van der Waals surface area contributed by atoms with Gasteiger partial charge in [0, 0.05) is 46.3 Å². The number of fused-ring (bicyclic) bond motifs is 3. The molecule has 1 aromatic heterocycles. The van der Waals surface area contributed by atoms with E-state index in [0.29, 0.717) is 31.6 Å². The van der Waals surface area contributed by atoms with Gasteiger partial charge in [-0.3, -0.25) is 19.2 Å². The molecule has 8 rings (SSSR count). The first-order valence-electron chi connectivity index (χ1n) is 18.6. The number of aliphatic hydroxyl groups excluding tert-OH is 1. The van der Waals surface area contributed by atoms with E-state index in [4.69, 9.17) is 4.74 Å². The van der Waals surface area contributed by atoms with E-state index < -0.39 is 20.0 Å². The van der Waals surface area contributed by atoms with E-state index in [1.165, 1.54) is 0 Å². The molecule has 12 heteroatoms. The lowest BCUT2D eigenvalue weighted by atomic mass is 9.82. The first kappa shape index (κ1) is 36.5. The molecule has 4 heterocycles. The molecule has 5 aromatic rings. The third-order valence-electron chi connectivity index (χ3n) is 11.5. The summed E-state index contributed by atoms with van der Waals surface area (Å²) >= 11 is 3.66. The van der Waals surface area contributed by atoms with Crippen molar-refractivity contribution in [2.24, 2.45) is 5.92 Å². The molecule has 0 bridgehead atoms. The van der Waals surface area contributed by atoms with Crippen molar-refractivity contribution in [3.63, 3.8) is 0 Å². The second-order valence-corrected chi connectivity index (χ2v) is 20.2. The number of halogens is 1. The predicted octanol–water partition coefficient (Wildman–Crippen LogP) is 7.21. The minimum absolute atomic E-state index is 0.0650. The smallest absolute Gasteiger partial charge is 0.264 e. The van der Waals surface area contributed by atoms with Gasteiger partial charge in [-0.05, 0) is 79.0 Å². The molecule has 2 amide bonds. The van der Waals surface area contributed by atoms with Crippen molar-refractivity contribution in [2.45, 2.75) is 75.5 Å². The van der Waals surface area contributed by atoms with E-state index in [0.717, 1.165) is 50.2 Å². The maximum absolute atomic E-state index is 15.0. The fraction of sp³-hybridized carbons (Fsp3) is 0.333. The number of aryl methyl sites for hydroxylation is 2. The van der Waals surface area contributed by atoms with E-state index in [2.05, 4.69) is 32.3 Å². The molecular weight excluding hydrogens is 762 g/mol. The molecular formula is C42H44BrN5O5Si. The summed E-state index contributed by atoms with van der Waals surface area (Å²) in [6, 6.07) is 31.5. The summed E-state index contributed by atoms with van der Waals surface area (Å²) < 4.78 is 9.65. The molecule has 54 heavy (non-hydrogen) atoms. The molecule has 5 atom stereocenters. The highest BCUT2D eigenvalue weighted by molar-refractivity contribution is 9.10. The van der Waals surface area contributed by atoms with Crippen LogP contribution in [0.4, 0.5) is 17.1 Å². The number of aromatic nitrogens is 3. The summed E-state index contributed by atoms with van der Waals surface area (Å²) in [6.45, 7) is 6.59. The lowest BCUT2D eigenvalue weighted by molar-refractivity contribution is -0.146. The molecule has 0 radical (unpaired) electrons. The molecule has 4 aromatic carbocycles. The van der Waals surface area contributed by atoms with Crippen LogP contribution in [0.1, 0.15) is 53.6 Å². The zero-order chi connectivity index (χ0) is 37.8. The van der Waals surface area contributed by atoms with E-state index >= 15 is 0 Å². The van der Waals surface area contributed by atoms with E-state index in [9.17, 15) is 19.5 Å². The molecule has 1 saturated heterocycles. The van der Waals surface area contributed by atoms with Gasteiger partial charge in [-0.2, -0.15) is 0 Å². The lowest BCUT2D eigenvalue weighted by Gasteiger charge is -2.32. The van der Waals surface area contributed by atoms with Gasteiger partial charge < -0.3 is 19.5 Å². The molecule has 10 nitrogen and oxygen atoms in total. The first-order valence-corrected chi connectivity index (χ1v) is 22.4. The van der Waals surface area contributed by atoms with Gasteiger partial charge in [0.05, 0.1) is 42.2 Å². The SMILES string of the molecule is C[C@H]1[C@H]([Si](C)(C)O)[C@@H](CCn2cc(C(CO)c3ccccc3)nn2)O[C@]12C(=O)N(Cc1ccc(N3C(=O)CCc4ccccc43)cc1)c1ccc(Br)cc12. The second kappa shape index (κ2) is 14.3. The van der Waals surface area contributed by atoms with Crippen molar-refractivity contribution in [1.82, 2.24) is 15.0 Å². The largest absolute Gasteiger partial charge is 0.432 e. The quantitative estimate of drug-likeness (QED) is 0.143. The zero-order valence-corrected chi connectivity index (χ0v) is 33.2. The highest BCUT2D eigenvalue weighted by Crippen LogP contribution is 2.60. The molecule has 2 N–H and O–H groups in total. The van der Waals surface area contributed by atoms with Gasteiger partial charge in [0.2, 0.25) is 5.91 Å². The number of benzene rings is 4. The Morgan fingerprint density at radius 3 is 2.44 bits per heavy atom. The van der Waals surface area contributed by atoms with Crippen molar-refractivity contribution < 1.29 is 24.2 Å². The Balaban J connectivity index is 1.06. The lowest BCUT2D eigenvalue weighted by Crippen LogP contribution is -2.46. The van der Waals surface area contributed by atoms with Gasteiger partial charge in [0.15, 0.2) is 13.9 Å². The summed E-state index contributed by atoms with van der Waals surface area (Å²) in [6.07, 6.45) is 3.15. The Labute approximate surface area is 324 Å². The van der Waals surface area contributed by atoms with Crippen molar-refractivity contribution in [3.8, 4) is 0 Å². The third kappa shape index (κ3) is 6.33. The predicted molar refractivity (Wildman–Crippen MR) is 213 cm³/mol. The molecule has 278 valence electrons. The molecule has 3 aliphatic heterocycles. The fourth-order valence-corrected chi connectivity index (χ4v) is 12.0. The Hall–Kier alpha value is -4.46. The first-order chi connectivity index (χ1) is 26.0. The third-order valence-corrected chi connectivity index (χ3v) is 14.5. The topological polar surface area (TPSA) is 121 Å². The summed E-state index contributed by atoms with van der Waals surface area (Å²) in [7, 11) is -2.88. The van der Waals surface area contributed by atoms with Crippen molar-refractivity contribution in [1.29, 1.82) is 0 Å². The van der Waals surface area contributed by atoms with Crippen LogP contribution in [0, 0.1) is 5.92 Å². The normalized spacial score (nSPS) is 22.9. The van der Waals surface area contributed by atoms with E-state index in [1.54, 1.807) is 9.58 Å². The summed E-state index contributed by atoms with van der Waals surface area (Å²) in [5, 5.41) is 19.0. The average molecular weight is 807 g/mol. The standard InChI is InChI=1S/C42H44BrN5O5Si/c1-27-40(54(2,3)52)38(21-22-46-25-35(44-45-46)33(26-49)29-9-5-4-6-10-29)53-42(27)34-23-31(43)16-19-37(34)47(41(42)51)24-28-13-17-32(18-14-28)48-36-12-8-7-11-30(36)15-20-39(48)50/h4-14,16-19,23,25,27,33,38,40,49,52H,15,20-22,24,26H2,1-3H3/t27-,33?,38+,40-,42+/m0/s1. The Morgan fingerprint density at radius 1 is 0.963 bits per heavy atom. The van der Waals surface area contributed by atoms with Gasteiger partial charge >= 0.3 is 0 Å². The number of carbonyl (C=O) groups is 2. The number of carbonyl (C=O) groups excluding carboxylic acids is 2. The number of anilines is 3. The maximum Gasteiger partial charge on any atom is 0.264 e. The fourth-order valence-electron chi connectivity index (χ4n) is 9.02. The Morgan fingerprint density at radius 2 is 1.70 bits per heavy atom. The van der Waals surface area contributed by atoms with Crippen LogP contribution in [0.2, 0.25) is 18.6 Å². The summed E-state index contributed by atoms with van der Waals surface area (Å²) in [5.74, 6) is -0.680. The van der Waals surface area contributed by atoms with Gasteiger partial charge in [0.1, 0.15) is 0 Å². The van der Waals surface area contributed by atoms with Gasteiger partial charge in [-0.1, -0.05) is 88.7 Å². The number of nitrogens with zero attached hydrogens (tertiary/aromatic N) is 5. The summed E-state index contributed by atoms with van der Waals surface area (Å²) in [5.41, 5.74) is 5.47. The van der Waals surface area contributed by atoms with Crippen LogP contribution in [0.5, 0.6) is 0 Å². The second-order valence-electron chi connectivity index (χ2n) is 15.3. The number of para-hydroxylation sites is 1. The highest BCUT2D eigenvalue weighted by atomic mass is 79.9. The van der Waals surface area contributed by atoms with Gasteiger partial charge in [-0.25, -0.2) is 0 Å². The molecule has 1 fully saturated rings. The zero-order valence-electron chi connectivity index (χ0n) is 30.6. The van der Waals surface area contributed by atoms with Crippen LogP contribution in [0.15, 0.2) is 108 Å². The molecule has 0 saturated carbocycles. The Bertz CT molecular complexity index is 2190. The molecule has 0 aliphatic carbocycles. The number of aliphatic hydroxyl groups is 1. The van der Waals surface area contributed by atoms with Crippen LogP contribution in [-0.2, 0) is 39.4 Å². The highest BCUT2D eigenvalue weighted by Gasteiger charge is 2.66. The monoisotopic (exact) mass is 805 g/mol. The number of hydrogen-bond acceptors (Lipinski definition) is 7. The van der Waals surface area contributed by atoms with Gasteiger partial charge in [-0.15, -0.1) is 5.10 Å². The number of hydrogen-bond donors (Lipinski definition) is 2.